The van der Waals surface area contributed by atoms with Gasteiger partial charge in [-0.3, -0.25) is 14.6 Å². The van der Waals surface area contributed by atoms with Gasteiger partial charge in [-0.25, -0.2) is 0 Å². The average Bonchev–Trinajstić information content (AvgIpc) is 3.22. The number of nitrogens with one attached hydrogen (secondary N) is 2. The van der Waals surface area contributed by atoms with Gasteiger partial charge in [0.15, 0.2) is 5.96 Å². The Morgan fingerprint density at radius 1 is 1.22 bits per heavy atom. The van der Waals surface area contributed by atoms with Crippen molar-refractivity contribution < 1.29 is 19.3 Å². The number of amides is 2. The first-order valence-electron chi connectivity index (χ1n) is 11.0. The van der Waals surface area contributed by atoms with E-state index in [2.05, 4.69) is 15.6 Å². The molecule has 1 atom stereocenters. The van der Waals surface area contributed by atoms with Gasteiger partial charge in [0, 0.05) is 12.1 Å². The summed E-state index contributed by atoms with van der Waals surface area (Å²) in [6.45, 7) is 4.27. The fourth-order valence-corrected chi connectivity index (χ4v) is 4.13. The summed E-state index contributed by atoms with van der Waals surface area (Å²) in [4.78, 5) is 30.5. The summed E-state index contributed by atoms with van der Waals surface area (Å²) >= 11 is 0. The first kappa shape index (κ1) is 25.7. The minimum atomic E-state index is -1.16. The van der Waals surface area contributed by atoms with Gasteiger partial charge in [-0.05, 0) is 51.5 Å². The monoisotopic (exact) mass is 444 g/mol. The van der Waals surface area contributed by atoms with E-state index < -0.39 is 23.1 Å². The maximum absolute atomic E-state index is 13.4. The minimum Gasteiger partial charge on any atom is -0.429 e. The highest BCUT2D eigenvalue weighted by atomic mass is 16.5. The van der Waals surface area contributed by atoms with Crippen LogP contribution in [0, 0.1) is 5.41 Å². The Bertz CT molecular complexity index is 778. The van der Waals surface area contributed by atoms with Gasteiger partial charge in [0.2, 0.25) is 11.8 Å². The number of nitrogens with zero attached hydrogens (tertiary/aromatic N) is 1. The van der Waals surface area contributed by atoms with Gasteiger partial charge in [0.05, 0.1) is 0 Å². The zero-order chi connectivity index (χ0) is 23.6. The van der Waals surface area contributed by atoms with E-state index in [1.54, 1.807) is 0 Å². The number of carbonyl (C=O) groups is 2. The predicted octanol–water partition coefficient (Wildman–Crippen LogP) is 0.723. The van der Waals surface area contributed by atoms with Gasteiger partial charge in [0.1, 0.15) is 11.6 Å². The number of hydrogen-bond donors (Lipinski definition) is 5. The van der Waals surface area contributed by atoms with Crippen molar-refractivity contribution in [3.63, 3.8) is 0 Å². The van der Waals surface area contributed by atoms with Gasteiger partial charge < -0.3 is 31.8 Å². The van der Waals surface area contributed by atoms with Crippen molar-refractivity contribution in [1.29, 1.82) is 0 Å². The minimum absolute atomic E-state index is 0.0140. The molecule has 10 heteroatoms. The third-order valence-corrected chi connectivity index (χ3v) is 5.70. The Morgan fingerprint density at radius 2 is 1.88 bits per heavy atom. The number of rotatable bonds is 12. The predicted molar refractivity (Wildman–Crippen MR) is 124 cm³/mol. The molecular formula is C22H35BN5O4. The highest BCUT2D eigenvalue weighted by Gasteiger charge is 2.49. The number of aliphatic imine (C=N–C) groups is 1. The molecule has 1 aliphatic carbocycles. The molecule has 1 fully saturated rings. The van der Waals surface area contributed by atoms with Crippen molar-refractivity contribution in [3.05, 3.63) is 35.9 Å². The van der Waals surface area contributed by atoms with Gasteiger partial charge in [0.25, 0.3) is 0 Å². The van der Waals surface area contributed by atoms with Crippen molar-refractivity contribution in [3.8, 4) is 0 Å². The van der Waals surface area contributed by atoms with E-state index in [0.717, 1.165) is 18.4 Å². The molecule has 0 spiro atoms. The summed E-state index contributed by atoms with van der Waals surface area (Å²) < 4.78 is 5.14. The Kier molecular flexibility index (Phi) is 9.52. The van der Waals surface area contributed by atoms with Crippen LogP contribution in [0.15, 0.2) is 35.3 Å². The van der Waals surface area contributed by atoms with Crippen LogP contribution in [0.2, 0.25) is 0 Å². The molecule has 0 bridgehead atoms. The van der Waals surface area contributed by atoms with Crippen LogP contribution < -0.4 is 22.1 Å². The Morgan fingerprint density at radius 3 is 2.47 bits per heavy atom. The normalized spacial score (nSPS) is 16.1. The fourth-order valence-electron chi connectivity index (χ4n) is 4.13. The molecule has 1 aliphatic rings. The molecular weight excluding hydrogens is 409 g/mol. The maximum atomic E-state index is 13.4. The third-order valence-electron chi connectivity index (χ3n) is 5.70. The van der Waals surface area contributed by atoms with E-state index in [4.69, 9.17) is 21.1 Å². The van der Waals surface area contributed by atoms with Crippen LogP contribution in [-0.4, -0.2) is 48.8 Å². The molecule has 1 aromatic carbocycles. The summed E-state index contributed by atoms with van der Waals surface area (Å²) in [5.74, 6) is -0.683. The molecule has 2 amide bonds. The summed E-state index contributed by atoms with van der Waals surface area (Å²) in [5, 5.41) is 15.0. The highest BCUT2D eigenvalue weighted by molar-refractivity contribution is 6.16. The van der Waals surface area contributed by atoms with E-state index in [9.17, 15) is 9.59 Å². The van der Waals surface area contributed by atoms with E-state index in [-0.39, 0.29) is 11.9 Å². The lowest BCUT2D eigenvalue weighted by molar-refractivity contribution is -0.145. The van der Waals surface area contributed by atoms with Gasteiger partial charge in [-0.15, -0.1) is 0 Å². The molecule has 1 aromatic rings. The van der Waals surface area contributed by atoms with Gasteiger partial charge in [-0.2, -0.15) is 0 Å². The zero-order valence-corrected chi connectivity index (χ0v) is 19.0. The van der Waals surface area contributed by atoms with Crippen molar-refractivity contribution >= 4 is 25.5 Å². The largest absolute Gasteiger partial charge is 0.486 e. The standard InChI is InChI=1S/C22H35BN5O4/c1-21(2,15-16-9-4-3-5-10-16)28-19(30)22(12-6-7-13-22)18(29)27-17(32-23-31)11-8-14-26-20(24)25/h3-5,9-10,17,31H,6-8,11-15H2,1-2H3,(H,27,29)(H,28,30)(H4,24,25,26)/t17-/m1/s1. The molecule has 32 heavy (non-hydrogen) atoms. The van der Waals surface area contributed by atoms with Crippen LogP contribution >= 0.6 is 0 Å². The Labute approximate surface area is 190 Å². The van der Waals surface area contributed by atoms with Crippen LogP contribution in [0.3, 0.4) is 0 Å². The number of hydrogen-bond acceptors (Lipinski definition) is 5. The number of nitrogens with two attached hydrogens (primary N) is 2. The van der Waals surface area contributed by atoms with Crippen LogP contribution in [0.5, 0.6) is 0 Å². The average molecular weight is 444 g/mol. The van der Waals surface area contributed by atoms with Crippen LogP contribution in [0.4, 0.5) is 0 Å². The van der Waals surface area contributed by atoms with E-state index >= 15 is 0 Å². The van der Waals surface area contributed by atoms with Crippen molar-refractivity contribution in [2.45, 2.75) is 70.6 Å². The Hall–Kier alpha value is -2.59. The number of benzene rings is 1. The number of guanidine groups is 1. The van der Waals surface area contributed by atoms with Crippen molar-refractivity contribution in [1.82, 2.24) is 10.6 Å². The lowest BCUT2D eigenvalue weighted by Crippen LogP contribution is -2.57. The zero-order valence-electron chi connectivity index (χ0n) is 19.0. The van der Waals surface area contributed by atoms with Crippen LogP contribution in [0.25, 0.3) is 0 Å². The summed E-state index contributed by atoms with van der Waals surface area (Å²) in [6.07, 6.45) is 3.28. The third kappa shape index (κ3) is 7.53. The summed E-state index contributed by atoms with van der Waals surface area (Å²) in [6, 6.07) is 9.91. The highest BCUT2D eigenvalue weighted by Crippen LogP contribution is 2.39. The topological polar surface area (TPSA) is 152 Å². The SMILES string of the molecule is CC(C)(Cc1ccccc1)NC(=O)C1(C(=O)N[C@@H](CCCN=C(N)N)O[B]O)CCCC1. The van der Waals surface area contributed by atoms with E-state index in [1.165, 1.54) is 0 Å². The number of carbonyl (C=O) groups excluding carboxylic acids is 2. The molecule has 9 nitrogen and oxygen atoms in total. The molecule has 0 aliphatic heterocycles. The summed E-state index contributed by atoms with van der Waals surface area (Å²) in [7, 11) is 0.538. The lowest BCUT2D eigenvalue weighted by Gasteiger charge is -2.34. The first-order valence-corrected chi connectivity index (χ1v) is 11.0. The molecule has 175 valence electrons. The fraction of sp³-hybridized carbons (Fsp3) is 0.591. The van der Waals surface area contributed by atoms with Gasteiger partial charge >= 0.3 is 7.69 Å². The van der Waals surface area contributed by atoms with Crippen LogP contribution in [0.1, 0.15) is 57.9 Å². The molecule has 0 heterocycles. The second-order valence-electron chi connectivity index (χ2n) is 8.94. The van der Waals surface area contributed by atoms with E-state index in [0.29, 0.717) is 46.3 Å². The van der Waals surface area contributed by atoms with Gasteiger partial charge in [-0.1, -0.05) is 43.2 Å². The van der Waals surface area contributed by atoms with Crippen LogP contribution in [-0.2, 0) is 20.7 Å². The second-order valence-corrected chi connectivity index (χ2v) is 8.94. The van der Waals surface area contributed by atoms with Crippen molar-refractivity contribution in [2.24, 2.45) is 21.9 Å². The molecule has 0 unspecified atom stereocenters. The molecule has 1 radical (unpaired) electrons. The molecule has 2 rings (SSSR count). The lowest BCUT2D eigenvalue weighted by atomic mass is 9.82. The van der Waals surface area contributed by atoms with E-state index in [1.807, 2.05) is 44.2 Å². The smallest absolute Gasteiger partial charge is 0.429 e. The second kappa shape index (κ2) is 11.9. The molecule has 1 saturated carbocycles. The molecule has 0 aromatic heterocycles. The summed E-state index contributed by atoms with van der Waals surface area (Å²) in [5.41, 5.74) is 10.1. The quantitative estimate of drug-likeness (QED) is 0.0800. The molecule has 7 N–H and O–H groups in total. The first-order chi connectivity index (χ1) is 15.2. The molecule has 0 saturated heterocycles. The van der Waals surface area contributed by atoms with Crippen molar-refractivity contribution in [2.75, 3.05) is 6.54 Å². The Balaban J connectivity index is 2.05. The maximum Gasteiger partial charge on any atom is 0.486 e.